The standard InChI is InChI=1S/C16H16N4O4/c1-9-5-6-10(7-11(9)20(23)24)14-13-12(8-17(14)2)18(3)16(22)19(4)15(13)21/h5-8H,1-4H3. The van der Waals surface area contributed by atoms with Crippen molar-refractivity contribution in [3.8, 4) is 11.3 Å². The van der Waals surface area contributed by atoms with Crippen molar-refractivity contribution in [3.05, 3.63) is 60.9 Å². The molecule has 0 spiro atoms. The molecule has 0 atom stereocenters. The molecule has 3 aromatic rings. The fraction of sp³-hybridized carbons (Fsp3) is 0.250. The van der Waals surface area contributed by atoms with Crippen LogP contribution in [0.2, 0.25) is 0 Å². The first-order chi connectivity index (χ1) is 11.2. The molecule has 0 aliphatic carbocycles. The number of nitro groups is 1. The predicted molar refractivity (Wildman–Crippen MR) is 90.2 cm³/mol. The maximum absolute atomic E-state index is 12.6. The minimum atomic E-state index is -0.447. The molecule has 0 radical (unpaired) electrons. The highest BCUT2D eigenvalue weighted by Gasteiger charge is 2.20. The minimum absolute atomic E-state index is 0.0107. The number of hydrogen-bond acceptors (Lipinski definition) is 4. The van der Waals surface area contributed by atoms with E-state index in [0.29, 0.717) is 27.7 Å². The van der Waals surface area contributed by atoms with Gasteiger partial charge in [0, 0.05) is 44.5 Å². The van der Waals surface area contributed by atoms with E-state index < -0.39 is 16.2 Å². The maximum Gasteiger partial charge on any atom is 0.330 e. The monoisotopic (exact) mass is 328 g/mol. The van der Waals surface area contributed by atoms with Gasteiger partial charge in [-0.15, -0.1) is 0 Å². The van der Waals surface area contributed by atoms with Gasteiger partial charge in [0.15, 0.2) is 0 Å². The van der Waals surface area contributed by atoms with Crippen LogP contribution in [0.1, 0.15) is 5.56 Å². The molecule has 124 valence electrons. The Balaban J connectivity index is 2.47. The molecule has 0 amide bonds. The smallest absolute Gasteiger partial charge is 0.330 e. The number of fused-ring (bicyclic) bond motifs is 1. The molecule has 1 aromatic carbocycles. The normalized spacial score (nSPS) is 11.2. The number of hydrogen-bond donors (Lipinski definition) is 0. The third-order valence-electron chi connectivity index (χ3n) is 4.29. The average Bonchev–Trinajstić information content (AvgIpc) is 2.88. The molecule has 2 heterocycles. The summed E-state index contributed by atoms with van der Waals surface area (Å²) in [5.41, 5.74) is 1.28. The molecule has 0 saturated carbocycles. The largest absolute Gasteiger partial charge is 0.348 e. The van der Waals surface area contributed by atoms with E-state index >= 15 is 0 Å². The molecule has 2 aromatic heterocycles. The quantitative estimate of drug-likeness (QED) is 0.526. The first-order valence-corrected chi connectivity index (χ1v) is 7.24. The van der Waals surface area contributed by atoms with Gasteiger partial charge in [0.25, 0.3) is 11.2 Å². The Morgan fingerprint density at radius 2 is 1.75 bits per heavy atom. The average molecular weight is 328 g/mol. The van der Waals surface area contributed by atoms with Crippen LogP contribution in [0.25, 0.3) is 22.2 Å². The van der Waals surface area contributed by atoms with Crippen LogP contribution < -0.4 is 11.2 Å². The topological polar surface area (TPSA) is 92.1 Å². The van der Waals surface area contributed by atoms with Crippen molar-refractivity contribution < 1.29 is 4.92 Å². The van der Waals surface area contributed by atoms with Crippen molar-refractivity contribution in [2.45, 2.75) is 6.92 Å². The zero-order chi connectivity index (χ0) is 17.8. The second kappa shape index (κ2) is 5.19. The first-order valence-electron chi connectivity index (χ1n) is 7.24. The lowest BCUT2D eigenvalue weighted by Crippen LogP contribution is -2.36. The van der Waals surface area contributed by atoms with E-state index in [1.54, 1.807) is 43.9 Å². The third-order valence-corrected chi connectivity index (χ3v) is 4.29. The molecule has 24 heavy (non-hydrogen) atoms. The maximum atomic E-state index is 12.6. The molecule has 8 heteroatoms. The zero-order valence-corrected chi connectivity index (χ0v) is 13.7. The van der Waals surface area contributed by atoms with Crippen LogP contribution in [0.5, 0.6) is 0 Å². The fourth-order valence-electron chi connectivity index (χ4n) is 2.96. The van der Waals surface area contributed by atoms with E-state index in [2.05, 4.69) is 0 Å². The molecule has 0 N–H and O–H groups in total. The summed E-state index contributed by atoms with van der Waals surface area (Å²) in [7, 11) is 4.74. The zero-order valence-electron chi connectivity index (χ0n) is 13.7. The first kappa shape index (κ1) is 15.7. The molecular formula is C16H16N4O4. The van der Waals surface area contributed by atoms with E-state index in [1.165, 1.54) is 17.7 Å². The predicted octanol–water partition coefficient (Wildman–Crippen LogP) is 1.46. The lowest BCUT2D eigenvalue weighted by Gasteiger charge is -2.07. The highest BCUT2D eigenvalue weighted by molar-refractivity contribution is 5.94. The molecule has 0 saturated heterocycles. The summed E-state index contributed by atoms with van der Waals surface area (Å²) in [6.07, 6.45) is 1.68. The molecular weight excluding hydrogens is 312 g/mol. The molecule has 0 unspecified atom stereocenters. The van der Waals surface area contributed by atoms with Crippen LogP contribution >= 0.6 is 0 Å². The van der Waals surface area contributed by atoms with E-state index in [0.717, 1.165) is 4.57 Å². The van der Waals surface area contributed by atoms with Gasteiger partial charge in [-0.05, 0) is 6.92 Å². The van der Waals surface area contributed by atoms with Gasteiger partial charge in [-0.25, -0.2) is 4.79 Å². The summed E-state index contributed by atoms with van der Waals surface area (Å²) >= 11 is 0. The van der Waals surface area contributed by atoms with Gasteiger partial charge in [0.05, 0.1) is 21.5 Å². The van der Waals surface area contributed by atoms with Crippen LogP contribution in [0.15, 0.2) is 34.0 Å². The molecule has 3 rings (SSSR count). The minimum Gasteiger partial charge on any atom is -0.348 e. The summed E-state index contributed by atoms with van der Waals surface area (Å²) in [6.45, 7) is 1.66. The highest BCUT2D eigenvalue weighted by Crippen LogP contribution is 2.31. The summed E-state index contributed by atoms with van der Waals surface area (Å²) in [6, 6.07) is 4.84. The highest BCUT2D eigenvalue weighted by atomic mass is 16.6. The molecule has 8 nitrogen and oxygen atoms in total. The molecule has 0 fully saturated rings. The SMILES string of the molecule is Cc1ccc(-c2c3c(=O)n(C)c(=O)n(C)c3cn2C)cc1[N+](=O)[O-]. The van der Waals surface area contributed by atoms with Crippen molar-refractivity contribution in [3.63, 3.8) is 0 Å². The van der Waals surface area contributed by atoms with Crippen molar-refractivity contribution in [2.24, 2.45) is 21.1 Å². The Kier molecular flexibility index (Phi) is 3.40. The van der Waals surface area contributed by atoms with Crippen LogP contribution in [0.3, 0.4) is 0 Å². The van der Waals surface area contributed by atoms with Crippen LogP contribution in [0.4, 0.5) is 5.69 Å². The number of nitrogens with zero attached hydrogens (tertiary/aromatic N) is 4. The summed E-state index contributed by atoms with van der Waals surface area (Å²) in [5, 5.41) is 11.6. The van der Waals surface area contributed by atoms with Crippen molar-refractivity contribution in [1.29, 1.82) is 0 Å². The third kappa shape index (κ3) is 2.07. The number of nitro benzene ring substituents is 1. The van der Waals surface area contributed by atoms with E-state index in [-0.39, 0.29) is 5.69 Å². The molecule has 0 bridgehead atoms. The van der Waals surface area contributed by atoms with Gasteiger partial charge in [-0.3, -0.25) is 24.0 Å². The van der Waals surface area contributed by atoms with Crippen LogP contribution in [0, 0.1) is 17.0 Å². The number of benzene rings is 1. The van der Waals surface area contributed by atoms with E-state index in [1.807, 2.05) is 0 Å². The molecule has 0 aliphatic heterocycles. The lowest BCUT2D eigenvalue weighted by molar-refractivity contribution is -0.385. The van der Waals surface area contributed by atoms with Gasteiger partial charge >= 0.3 is 5.69 Å². The van der Waals surface area contributed by atoms with Crippen molar-refractivity contribution >= 4 is 16.6 Å². The van der Waals surface area contributed by atoms with Gasteiger partial charge < -0.3 is 4.57 Å². The number of aromatic nitrogens is 3. The second-order valence-electron chi connectivity index (χ2n) is 5.81. The Bertz CT molecular complexity index is 1120. The lowest BCUT2D eigenvalue weighted by atomic mass is 10.1. The van der Waals surface area contributed by atoms with E-state index in [4.69, 9.17) is 0 Å². The summed E-state index contributed by atoms with van der Waals surface area (Å²) in [5.74, 6) is 0. The van der Waals surface area contributed by atoms with Crippen LogP contribution in [-0.4, -0.2) is 18.6 Å². The summed E-state index contributed by atoms with van der Waals surface area (Å²) < 4.78 is 4.14. The van der Waals surface area contributed by atoms with Gasteiger partial charge in [0.1, 0.15) is 0 Å². The Morgan fingerprint density at radius 3 is 2.38 bits per heavy atom. The van der Waals surface area contributed by atoms with Crippen molar-refractivity contribution in [1.82, 2.24) is 13.7 Å². The van der Waals surface area contributed by atoms with Gasteiger partial charge in [-0.2, -0.15) is 0 Å². The summed E-state index contributed by atoms with van der Waals surface area (Å²) in [4.78, 5) is 35.4. The number of rotatable bonds is 2. The van der Waals surface area contributed by atoms with Gasteiger partial charge in [-0.1, -0.05) is 12.1 Å². The van der Waals surface area contributed by atoms with Gasteiger partial charge in [0.2, 0.25) is 0 Å². The fourth-order valence-corrected chi connectivity index (χ4v) is 2.96. The second-order valence-corrected chi connectivity index (χ2v) is 5.81. The molecule has 0 aliphatic rings. The van der Waals surface area contributed by atoms with Crippen LogP contribution in [-0.2, 0) is 21.1 Å². The van der Waals surface area contributed by atoms with E-state index in [9.17, 15) is 19.7 Å². The Morgan fingerprint density at radius 1 is 1.08 bits per heavy atom. The Hall–Kier alpha value is -3.16. The Labute approximate surface area is 136 Å². The van der Waals surface area contributed by atoms with Crippen molar-refractivity contribution in [2.75, 3.05) is 0 Å². The number of aryl methyl sites for hydroxylation is 3.